The molecule has 0 atom stereocenters. The second kappa shape index (κ2) is 4.39. The van der Waals surface area contributed by atoms with Gasteiger partial charge in [0.1, 0.15) is 0 Å². The summed E-state index contributed by atoms with van der Waals surface area (Å²) < 4.78 is 5.62. The average Bonchev–Trinajstić information content (AvgIpc) is 1.88. The fourth-order valence-electron chi connectivity index (χ4n) is 0.406. The van der Waals surface area contributed by atoms with E-state index in [1.165, 1.54) is 0 Å². The third-order valence-electron chi connectivity index (χ3n) is 1.98. The Morgan fingerprint density at radius 2 is 1.91 bits per heavy atom. The van der Waals surface area contributed by atoms with E-state index >= 15 is 0 Å². The van der Waals surface area contributed by atoms with Crippen LogP contribution in [0, 0.1) is 0 Å². The first-order valence-corrected chi connectivity index (χ1v) is 6.94. The van der Waals surface area contributed by atoms with Crippen molar-refractivity contribution in [2.45, 2.75) is 32.5 Å². The summed E-state index contributed by atoms with van der Waals surface area (Å²) in [7, 11) is -1.45. The Hall–Kier alpha value is -0.503. The quantitative estimate of drug-likeness (QED) is 0.357. The van der Waals surface area contributed by atoms with Crippen LogP contribution in [0.15, 0.2) is 25.0 Å². The highest BCUT2D eigenvalue weighted by atomic mass is 28.4. The number of rotatable bonds is 4. The third-order valence-corrected chi connectivity index (χ3v) is 5.50. The molecule has 0 radical (unpaired) electrons. The number of allylic oxidation sites excluding steroid dienone is 2. The Labute approximate surface area is 70.9 Å². The molecular formula is C9H18OSi. The van der Waals surface area contributed by atoms with E-state index in [-0.39, 0.29) is 0 Å². The molecule has 0 saturated heterocycles. The van der Waals surface area contributed by atoms with Crippen LogP contribution in [-0.4, -0.2) is 8.32 Å². The van der Waals surface area contributed by atoms with Gasteiger partial charge in [0.2, 0.25) is 8.32 Å². The molecule has 0 heterocycles. The zero-order valence-electron chi connectivity index (χ0n) is 7.92. The largest absolute Gasteiger partial charge is 0.549 e. The van der Waals surface area contributed by atoms with Crippen LogP contribution in [0.2, 0.25) is 18.6 Å². The second-order valence-electron chi connectivity index (χ2n) is 3.44. The van der Waals surface area contributed by atoms with Crippen LogP contribution in [-0.2, 0) is 4.43 Å². The van der Waals surface area contributed by atoms with E-state index in [0.717, 1.165) is 0 Å². The van der Waals surface area contributed by atoms with Gasteiger partial charge in [0, 0.05) is 0 Å². The topological polar surface area (TPSA) is 9.23 Å². The Bertz CT molecular complexity index is 148. The van der Waals surface area contributed by atoms with Crippen molar-refractivity contribution >= 4 is 8.32 Å². The van der Waals surface area contributed by atoms with Gasteiger partial charge in [-0.25, -0.2) is 0 Å². The van der Waals surface area contributed by atoms with Gasteiger partial charge < -0.3 is 4.43 Å². The van der Waals surface area contributed by atoms with E-state index in [2.05, 4.69) is 33.5 Å². The summed E-state index contributed by atoms with van der Waals surface area (Å²) in [4.78, 5) is 0. The van der Waals surface area contributed by atoms with Crippen molar-refractivity contribution in [3.8, 4) is 0 Å². The van der Waals surface area contributed by atoms with Gasteiger partial charge in [-0.2, -0.15) is 0 Å². The molecule has 11 heavy (non-hydrogen) atoms. The normalized spacial score (nSPS) is 12.5. The lowest BCUT2D eigenvalue weighted by Gasteiger charge is -2.25. The van der Waals surface area contributed by atoms with E-state index in [0.29, 0.717) is 5.54 Å². The van der Waals surface area contributed by atoms with Gasteiger partial charge >= 0.3 is 0 Å². The van der Waals surface area contributed by atoms with Crippen molar-refractivity contribution in [3.05, 3.63) is 25.0 Å². The van der Waals surface area contributed by atoms with E-state index in [1.807, 2.05) is 6.08 Å². The molecule has 2 heteroatoms. The lowest BCUT2D eigenvalue weighted by Crippen LogP contribution is -2.31. The lowest BCUT2D eigenvalue weighted by molar-refractivity contribution is 0.460. The Balaban J connectivity index is 3.91. The minimum absolute atomic E-state index is 0.650. The number of hydrogen-bond acceptors (Lipinski definition) is 1. The molecule has 0 aromatic carbocycles. The molecule has 0 unspecified atom stereocenters. The van der Waals surface area contributed by atoms with Crippen molar-refractivity contribution in [1.82, 2.24) is 0 Å². The summed E-state index contributed by atoms with van der Waals surface area (Å²) in [6.45, 7) is 12.4. The molecule has 0 saturated carbocycles. The van der Waals surface area contributed by atoms with Crippen molar-refractivity contribution < 1.29 is 4.43 Å². The van der Waals surface area contributed by atoms with Crippen molar-refractivity contribution in [2.75, 3.05) is 0 Å². The fraction of sp³-hybridized carbons (Fsp3) is 0.556. The average molecular weight is 170 g/mol. The maximum Gasteiger partial charge on any atom is 0.246 e. The van der Waals surface area contributed by atoms with Gasteiger partial charge in [0.05, 0.1) is 6.26 Å². The van der Waals surface area contributed by atoms with Gasteiger partial charge in [-0.1, -0.05) is 26.5 Å². The second-order valence-corrected chi connectivity index (χ2v) is 8.04. The summed E-state index contributed by atoms with van der Waals surface area (Å²) in [5.41, 5.74) is 0.650. The minimum Gasteiger partial charge on any atom is -0.549 e. The van der Waals surface area contributed by atoms with Gasteiger partial charge in [-0.3, -0.25) is 0 Å². The Kier molecular flexibility index (Phi) is 4.19. The van der Waals surface area contributed by atoms with Crippen LogP contribution in [0.5, 0.6) is 0 Å². The fourth-order valence-corrected chi connectivity index (χ4v) is 1.11. The van der Waals surface area contributed by atoms with Crippen molar-refractivity contribution in [2.24, 2.45) is 0 Å². The molecule has 0 aliphatic rings. The monoisotopic (exact) mass is 170 g/mol. The first-order chi connectivity index (χ1) is 5.00. The standard InChI is InChI=1S/C9H18OSi/c1-6-7-8-10-11(4,5)9(2)3/h6-9H,1H2,2-5H3. The molecule has 0 spiro atoms. The minimum atomic E-state index is -1.45. The number of hydrogen-bond donors (Lipinski definition) is 0. The molecule has 0 aliphatic carbocycles. The molecule has 0 amide bonds. The van der Waals surface area contributed by atoms with Crippen molar-refractivity contribution in [3.63, 3.8) is 0 Å². The Morgan fingerprint density at radius 1 is 1.36 bits per heavy atom. The Morgan fingerprint density at radius 3 is 2.27 bits per heavy atom. The highest BCUT2D eigenvalue weighted by Gasteiger charge is 2.26. The highest BCUT2D eigenvalue weighted by molar-refractivity contribution is 6.72. The molecule has 0 aliphatic heterocycles. The van der Waals surface area contributed by atoms with Gasteiger partial charge in [-0.05, 0) is 24.7 Å². The first kappa shape index (κ1) is 10.5. The van der Waals surface area contributed by atoms with Gasteiger partial charge in [-0.15, -0.1) is 0 Å². The maximum atomic E-state index is 5.62. The van der Waals surface area contributed by atoms with Crippen LogP contribution < -0.4 is 0 Å². The van der Waals surface area contributed by atoms with Crippen molar-refractivity contribution in [1.29, 1.82) is 0 Å². The molecule has 0 aromatic rings. The van der Waals surface area contributed by atoms with Gasteiger partial charge in [0.15, 0.2) is 0 Å². The zero-order valence-corrected chi connectivity index (χ0v) is 8.92. The van der Waals surface area contributed by atoms with E-state index in [9.17, 15) is 0 Å². The van der Waals surface area contributed by atoms with Crippen LogP contribution in [0.4, 0.5) is 0 Å². The third kappa shape index (κ3) is 4.04. The first-order valence-electron chi connectivity index (χ1n) is 3.96. The van der Waals surface area contributed by atoms with Crippen LogP contribution in [0.3, 0.4) is 0 Å². The summed E-state index contributed by atoms with van der Waals surface area (Å²) in [6.07, 6.45) is 5.31. The smallest absolute Gasteiger partial charge is 0.246 e. The molecule has 0 aromatic heterocycles. The van der Waals surface area contributed by atoms with E-state index in [4.69, 9.17) is 4.43 Å². The molecule has 0 N–H and O–H groups in total. The molecule has 0 rings (SSSR count). The maximum absolute atomic E-state index is 5.62. The van der Waals surface area contributed by atoms with Gasteiger partial charge in [0.25, 0.3) is 0 Å². The highest BCUT2D eigenvalue weighted by Crippen LogP contribution is 2.21. The molecular weight excluding hydrogens is 152 g/mol. The molecule has 1 nitrogen and oxygen atoms in total. The van der Waals surface area contributed by atoms with Crippen LogP contribution in [0.25, 0.3) is 0 Å². The zero-order chi connectivity index (χ0) is 8.91. The SMILES string of the molecule is C=CC=CO[Si](C)(C)C(C)C. The summed E-state index contributed by atoms with van der Waals surface area (Å²) in [6, 6.07) is 0. The summed E-state index contributed by atoms with van der Waals surface area (Å²) in [5.74, 6) is 0. The summed E-state index contributed by atoms with van der Waals surface area (Å²) in [5, 5.41) is 0. The summed E-state index contributed by atoms with van der Waals surface area (Å²) >= 11 is 0. The van der Waals surface area contributed by atoms with E-state index < -0.39 is 8.32 Å². The van der Waals surface area contributed by atoms with Crippen LogP contribution >= 0.6 is 0 Å². The molecule has 0 bridgehead atoms. The predicted molar refractivity (Wildman–Crippen MR) is 53.0 cm³/mol. The predicted octanol–water partition coefficient (Wildman–Crippen LogP) is 3.32. The van der Waals surface area contributed by atoms with Crippen LogP contribution in [0.1, 0.15) is 13.8 Å². The lowest BCUT2D eigenvalue weighted by atomic mass is 10.6. The van der Waals surface area contributed by atoms with E-state index in [1.54, 1.807) is 12.3 Å². The molecule has 64 valence electrons. The molecule has 0 fully saturated rings.